The van der Waals surface area contributed by atoms with E-state index in [1.54, 1.807) is 29.9 Å². The fourth-order valence-corrected chi connectivity index (χ4v) is 1.73. The van der Waals surface area contributed by atoms with Crippen LogP contribution in [0.2, 0.25) is 0 Å². The van der Waals surface area contributed by atoms with Crippen molar-refractivity contribution in [1.29, 1.82) is 0 Å². The molecule has 6 heteroatoms. The first-order valence-corrected chi connectivity index (χ1v) is 6.03. The Labute approximate surface area is 108 Å². The number of anilines is 1. The molecule has 0 aromatic carbocycles. The topological polar surface area (TPSA) is 80.9 Å². The highest BCUT2D eigenvalue weighted by Gasteiger charge is 2.08. The molecule has 1 amide bonds. The summed E-state index contributed by atoms with van der Waals surface area (Å²) in [5.41, 5.74) is 6.32. The summed E-state index contributed by atoms with van der Waals surface area (Å²) in [5.74, 6) is 5.27. The summed E-state index contributed by atoms with van der Waals surface area (Å²) in [4.78, 5) is 19.8. The van der Waals surface area contributed by atoms with Gasteiger partial charge in [-0.2, -0.15) is 0 Å². The summed E-state index contributed by atoms with van der Waals surface area (Å²) in [6.45, 7) is 0.298. The Bertz CT molecular complexity index is 581. The summed E-state index contributed by atoms with van der Waals surface area (Å²) < 4.78 is 0. The third-order valence-corrected chi connectivity index (χ3v) is 2.67. The summed E-state index contributed by atoms with van der Waals surface area (Å²) >= 11 is 1.35. The number of nitrogens with zero attached hydrogens (tertiary/aromatic N) is 2. The van der Waals surface area contributed by atoms with Crippen LogP contribution in [0, 0.1) is 11.8 Å². The molecule has 90 valence electrons. The minimum absolute atomic E-state index is 0.289. The lowest BCUT2D eigenvalue weighted by molar-refractivity contribution is 0.102. The molecule has 0 saturated carbocycles. The van der Waals surface area contributed by atoms with Gasteiger partial charge in [0.1, 0.15) is 5.69 Å². The smallest absolute Gasteiger partial charge is 0.276 e. The maximum atomic E-state index is 11.8. The lowest BCUT2D eigenvalue weighted by Crippen LogP contribution is -2.13. The molecular weight excluding hydrogens is 248 g/mol. The van der Waals surface area contributed by atoms with E-state index in [1.807, 2.05) is 0 Å². The molecule has 2 aromatic rings. The number of nitrogens with two attached hydrogens (primary N) is 1. The fourth-order valence-electron chi connectivity index (χ4n) is 1.20. The number of hydrogen-bond donors (Lipinski definition) is 2. The van der Waals surface area contributed by atoms with Crippen molar-refractivity contribution in [3.05, 3.63) is 41.2 Å². The lowest BCUT2D eigenvalue weighted by Gasteiger charge is -2.00. The fraction of sp³-hybridized carbons (Fsp3) is 0.0833. The van der Waals surface area contributed by atoms with Crippen LogP contribution in [0.3, 0.4) is 0 Å². The summed E-state index contributed by atoms with van der Waals surface area (Å²) in [7, 11) is 0. The van der Waals surface area contributed by atoms with Crippen molar-refractivity contribution in [2.45, 2.75) is 0 Å². The van der Waals surface area contributed by atoms with Gasteiger partial charge in [-0.25, -0.2) is 9.97 Å². The van der Waals surface area contributed by atoms with E-state index in [1.165, 1.54) is 11.3 Å². The quantitative estimate of drug-likeness (QED) is 0.790. The van der Waals surface area contributed by atoms with Crippen LogP contribution in [-0.2, 0) is 0 Å². The Hall–Kier alpha value is -2.23. The van der Waals surface area contributed by atoms with Gasteiger partial charge in [0.2, 0.25) is 0 Å². The Morgan fingerprint density at radius 2 is 2.33 bits per heavy atom. The van der Waals surface area contributed by atoms with E-state index in [2.05, 4.69) is 27.1 Å². The van der Waals surface area contributed by atoms with Crippen molar-refractivity contribution in [2.75, 3.05) is 11.9 Å². The highest BCUT2D eigenvalue weighted by atomic mass is 32.1. The predicted molar refractivity (Wildman–Crippen MR) is 70.2 cm³/mol. The number of hydrogen-bond acceptors (Lipinski definition) is 5. The molecule has 2 aromatic heterocycles. The first-order chi connectivity index (χ1) is 8.79. The molecule has 0 aliphatic heterocycles. The van der Waals surface area contributed by atoms with Gasteiger partial charge in [0.05, 0.1) is 6.54 Å². The number of carbonyl (C=O) groups is 1. The van der Waals surface area contributed by atoms with Crippen LogP contribution >= 0.6 is 11.3 Å². The standard InChI is InChI=1S/C12H10N4OS/c13-5-1-2-9-3-4-10(15-8-9)11(17)16-12-14-6-7-18-12/h3-4,6-8H,5,13H2,(H,14,16,17). The summed E-state index contributed by atoms with van der Waals surface area (Å²) in [6.07, 6.45) is 3.17. The third kappa shape index (κ3) is 3.13. The molecule has 0 aliphatic carbocycles. The summed E-state index contributed by atoms with van der Waals surface area (Å²) in [5, 5.41) is 4.99. The van der Waals surface area contributed by atoms with E-state index < -0.39 is 0 Å². The molecule has 2 heterocycles. The second-order valence-corrected chi connectivity index (χ2v) is 4.12. The molecule has 0 radical (unpaired) electrons. The van der Waals surface area contributed by atoms with E-state index in [-0.39, 0.29) is 5.91 Å². The molecule has 0 saturated heterocycles. The number of carbonyl (C=O) groups excluding carboxylic acids is 1. The maximum Gasteiger partial charge on any atom is 0.276 e. The van der Waals surface area contributed by atoms with E-state index in [0.29, 0.717) is 17.4 Å². The number of pyridine rings is 1. The zero-order valence-corrected chi connectivity index (χ0v) is 10.2. The number of thiazole rings is 1. The van der Waals surface area contributed by atoms with E-state index in [4.69, 9.17) is 5.73 Å². The third-order valence-electron chi connectivity index (χ3n) is 1.98. The van der Waals surface area contributed by atoms with Crippen molar-refractivity contribution in [3.63, 3.8) is 0 Å². The predicted octanol–water partition coefficient (Wildman–Crippen LogP) is 1.10. The minimum atomic E-state index is -0.289. The van der Waals surface area contributed by atoms with Crippen LogP contribution in [-0.4, -0.2) is 22.4 Å². The Morgan fingerprint density at radius 1 is 1.44 bits per heavy atom. The number of nitrogens with one attached hydrogen (secondary N) is 1. The molecule has 0 aliphatic rings. The van der Waals surface area contributed by atoms with Crippen molar-refractivity contribution in [3.8, 4) is 11.8 Å². The number of aromatic nitrogens is 2. The minimum Gasteiger partial charge on any atom is -0.320 e. The molecule has 2 rings (SSSR count). The van der Waals surface area contributed by atoms with Gasteiger partial charge in [-0.3, -0.25) is 10.1 Å². The molecule has 5 nitrogen and oxygen atoms in total. The van der Waals surface area contributed by atoms with Gasteiger partial charge in [-0.1, -0.05) is 11.8 Å². The van der Waals surface area contributed by atoms with E-state index >= 15 is 0 Å². The average molecular weight is 258 g/mol. The number of rotatable bonds is 2. The Kier molecular flexibility index (Phi) is 4.02. The van der Waals surface area contributed by atoms with Crippen LogP contribution in [0.15, 0.2) is 29.9 Å². The molecule has 18 heavy (non-hydrogen) atoms. The van der Waals surface area contributed by atoms with Crippen molar-refractivity contribution >= 4 is 22.4 Å². The van der Waals surface area contributed by atoms with Crippen LogP contribution < -0.4 is 11.1 Å². The first kappa shape index (κ1) is 12.2. The van der Waals surface area contributed by atoms with Crippen molar-refractivity contribution in [1.82, 2.24) is 9.97 Å². The number of amides is 1. The van der Waals surface area contributed by atoms with Gasteiger partial charge in [-0.15, -0.1) is 11.3 Å². The normalized spacial score (nSPS) is 9.39. The zero-order valence-electron chi connectivity index (χ0n) is 9.38. The highest BCUT2D eigenvalue weighted by molar-refractivity contribution is 7.13. The van der Waals surface area contributed by atoms with Gasteiger partial charge in [-0.05, 0) is 12.1 Å². The second-order valence-electron chi connectivity index (χ2n) is 3.23. The largest absolute Gasteiger partial charge is 0.320 e. The second kappa shape index (κ2) is 5.91. The molecule has 0 unspecified atom stereocenters. The molecule has 0 fully saturated rings. The summed E-state index contributed by atoms with van der Waals surface area (Å²) in [6, 6.07) is 3.34. The Morgan fingerprint density at radius 3 is 2.94 bits per heavy atom. The van der Waals surface area contributed by atoms with Crippen LogP contribution in [0.5, 0.6) is 0 Å². The molecule has 0 atom stereocenters. The van der Waals surface area contributed by atoms with Crippen LogP contribution in [0.1, 0.15) is 16.1 Å². The van der Waals surface area contributed by atoms with Crippen molar-refractivity contribution < 1.29 is 4.79 Å². The van der Waals surface area contributed by atoms with Gasteiger partial charge in [0, 0.05) is 23.3 Å². The van der Waals surface area contributed by atoms with Crippen LogP contribution in [0.4, 0.5) is 5.13 Å². The Balaban J connectivity index is 2.07. The van der Waals surface area contributed by atoms with Crippen LogP contribution in [0.25, 0.3) is 0 Å². The van der Waals surface area contributed by atoms with Gasteiger partial charge in [0.25, 0.3) is 5.91 Å². The van der Waals surface area contributed by atoms with Gasteiger partial charge in [0.15, 0.2) is 5.13 Å². The van der Waals surface area contributed by atoms with E-state index in [9.17, 15) is 4.79 Å². The molecule has 0 spiro atoms. The molecular formula is C12H10N4OS. The lowest BCUT2D eigenvalue weighted by atomic mass is 10.2. The maximum absolute atomic E-state index is 11.8. The van der Waals surface area contributed by atoms with Gasteiger partial charge >= 0.3 is 0 Å². The van der Waals surface area contributed by atoms with Gasteiger partial charge < -0.3 is 5.73 Å². The van der Waals surface area contributed by atoms with E-state index in [0.717, 1.165) is 5.56 Å². The monoisotopic (exact) mass is 258 g/mol. The molecule has 0 bridgehead atoms. The zero-order chi connectivity index (χ0) is 12.8. The van der Waals surface area contributed by atoms with Crippen molar-refractivity contribution in [2.24, 2.45) is 5.73 Å². The molecule has 3 N–H and O–H groups in total. The average Bonchev–Trinajstić information content (AvgIpc) is 2.89. The first-order valence-electron chi connectivity index (χ1n) is 5.15. The SMILES string of the molecule is NCC#Cc1ccc(C(=O)Nc2nccs2)nc1. The highest BCUT2D eigenvalue weighted by Crippen LogP contribution is 2.11.